The highest BCUT2D eigenvalue weighted by molar-refractivity contribution is 7.04. The monoisotopic (exact) mass is 303 g/mol. The zero-order chi connectivity index (χ0) is 15.5. The van der Waals surface area contributed by atoms with Crippen LogP contribution in [0.4, 0.5) is 0 Å². The maximum atomic E-state index is 2.43. The van der Waals surface area contributed by atoms with Crippen LogP contribution in [-0.2, 0) is 0 Å². The lowest BCUT2D eigenvalue weighted by molar-refractivity contribution is 0.766. The fourth-order valence-corrected chi connectivity index (χ4v) is 6.18. The molecule has 0 saturated heterocycles. The third-order valence-electron chi connectivity index (χ3n) is 6.99. The smallest absolute Gasteiger partial charge is 0.0605 e. The summed E-state index contributed by atoms with van der Waals surface area (Å²) in [4.78, 5) is 0. The molecule has 0 spiro atoms. The van der Waals surface area contributed by atoms with Crippen LogP contribution in [-0.4, -0.2) is 6.15 Å². The highest BCUT2D eigenvalue weighted by atomic mass is 14.3. The van der Waals surface area contributed by atoms with E-state index in [2.05, 4.69) is 60.7 Å². The van der Waals surface area contributed by atoms with Crippen molar-refractivity contribution < 1.29 is 0 Å². The van der Waals surface area contributed by atoms with Crippen molar-refractivity contribution in [1.29, 1.82) is 0 Å². The SMILES string of the molecule is c1ccc([B-](c2ccccc2)(C2CCCC2)C2CCCC2)cc1. The van der Waals surface area contributed by atoms with Crippen molar-refractivity contribution >= 4 is 17.1 Å². The minimum Gasteiger partial charge on any atom is -0.204 e. The van der Waals surface area contributed by atoms with E-state index in [4.69, 9.17) is 0 Å². The highest BCUT2D eigenvalue weighted by Crippen LogP contribution is 2.49. The summed E-state index contributed by atoms with van der Waals surface area (Å²) in [7, 11) is 0. The molecule has 0 atom stereocenters. The molecule has 0 aromatic heterocycles. The zero-order valence-electron chi connectivity index (χ0n) is 14.2. The van der Waals surface area contributed by atoms with Crippen LogP contribution in [0.15, 0.2) is 60.7 Å². The minimum absolute atomic E-state index is 0.622. The fourth-order valence-electron chi connectivity index (χ4n) is 6.18. The first kappa shape index (κ1) is 15.1. The van der Waals surface area contributed by atoms with Crippen LogP contribution in [0.3, 0.4) is 0 Å². The zero-order valence-corrected chi connectivity index (χ0v) is 14.2. The summed E-state index contributed by atoms with van der Waals surface area (Å²) in [5.41, 5.74) is 3.27. The van der Waals surface area contributed by atoms with E-state index in [0.717, 1.165) is 11.6 Å². The van der Waals surface area contributed by atoms with Gasteiger partial charge in [-0.15, -0.1) is 0 Å². The second kappa shape index (κ2) is 6.55. The van der Waals surface area contributed by atoms with Gasteiger partial charge in [-0.05, 0) is 0 Å². The largest absolute Gasteiger partial charge is 0.204 e. The molecule has 2 aliphatic carbocycles. The van der Waals surface area contributed by atoms with Gasteiger partial charge in [-0.2, -0.15) is 11.6 Å². The molecule has 0 N–H and O–H groups in total. The molecule has 0 radical (unpaired) electrons. The Balaban J connectivity index is 1.92. The molecule has 0 nitrogen and oxygen atoms in total. The molecule has 2 saturated carbocycles. The molecule has 2 aromatic carbocycles. The van der Waals surface area contributed by atoms with Gasteiger partial charge in [0.05, 0.1) is 6.15 Å². The molecule has 0 aliphatic heterocycles. The Kier molecular flexibility index (Phi) is 4.29. The van der Waals surface area contributed by atoms with Gasteiger partial charge in [0.25, 0.3) is 0 Å². The molecule has 2 aromatic rings. The molecule has 0 bridgehead atoms. The van der Waals surface area contributed by atoms with Crippen molar-refractivity contribution in [3.63, 3.8) is 0 Å². The molecule has 120 valence electrons. The summed E-state index contributed by atoms with van der Waals surface area (Å²) in [5, 5.41) is 0. The van der Waals surface area contributed by atoms with Crippen LogP contribution in [0.25, 0.3) is 0 Å². The van der Waals surface area contributed by atoms with E-state index >= 15 is 0 Å². The molecular weight excluding hydrogens is 275 g/mol. The fraction of sp³-hybridized carbons (Fsp3) is 0.455. The van der Waals surface area contributed by atoms with E-state index in [1.54, 1.807) is 10.9 Å². The Bertz CT molecular complexity index is 549. The van der Waals surface area contributed by atoms with Gasteiger partial charge in [-0.3, -0.25) is 0 Å². The number of hydrogen-bond donors (Lipinski definition) is 0. The second-order valence-corrected chi connectivity index (χ2v) is 7.91. The van der Waals surface area contributed by atoms with Crippen molar-refractivity contribution in [2.24, 2.45) is 0 Å². The first-order valence-corrected chi connectivity index (χ1v) is 9.70. The predicted octanol–water partition coefficient (Wildman–Crippen LogP) is 5.14. The topological polar surface area (TPSA) is 0 Å². The van der Waals surface area contributed by atoms with Crippen LogP contribution in [0, 0.1) is 0 Å². The maximum Gasteiger partial charge on any atom is 0.0605 e. The summed E-state index contributed by atoms with van der Waals surface area (Å²) >= 11 is 0. The summed E-state index contributed by atoms with van der Waals surface area (Å²) in [6.07, 6.45) is 10.8. The van der Waals surface area contributed by atoms with E-state index < -0.39 is 6.15 Å². The van der Waals surface area contributed by atoms with E-state index in [9.17, 15) is 0 Å². The van der Waals surface area contributed by atoms with Crippen LogP contribution >= 0.6 is 0 Å². The van der Waals surface area contributed by atoms with Crippen LogP contribution in [0.2, 0.25) is 11.6 Å². The normalized spacial score (nSPS) is 20.2. The van der Waals surface area contributed by atoms with Crippen LogP contribution < -0.4 is 10.9 Å². The van der Waals surface area contributed by atoms with E-state index in [1.807, 2.05) is 0 Å². The highest BCUT2D eigenvalue weighted by Gasteiger charge is 2.43. The maximum absolute atomic E-state index is 2.43. The van der Waals surface area contributed by atoms with Gasteiger partial charge in [0.2, 0.25) is 0 Å². The number of hydrogen-bond acceptors (Lipinski definition) is 0. The number of benzene rings is 2. The third-order valence-corrected chi connectivity index (χ3v) is 6.99. The van der Waals surface area contributed by atoms with Crippen molar-refractivity contribution in [2.45, 2.75) is 63.0 Å². The van der Waals surface area contributed by atoms with Gasteiger partial charge in [0.15, 0.2) is 0 Å². The van der Waals surface area contributed by atoms with Gasteiger partial charge in [0, 0.05) is 0 Å². The summed E-state index contributed by atoms with van der Waals surface area (Å²) in [5.74, 6) is 1.76. The first-order chi connectivity index (χ1) is 11.4. The Hall–Kier alpha value is -1.50. The molecule has 23 heavy (non-hydrogen) atoms. The summed E-state index contributed by atoms with van der Waals surface area (Å²) in [6.45, 7) is 0. The Labute approximate surface area is 141 Å². The quantitative estimate of drug-likeness (QED) is 0.686. The van der Waals surface area contributed by atoms with E-state index in [-0.39, 0.29) is 0 Å². The standard InChI is InChI=1S/C22H28B/c1-3-11-19(12-4-1)23(21-15-7-8-16-21,22-17-9-10-18-22)20-13-5-2-6-14-20/h1-6,11-14,21-22H,7-10,15-18H2/q-1. The molecular formula is C22H28B-. The molecule has 2 fully saturated rings. The molecule has 4 rings (SSSR count). The molecule has 0 amide bonds. The predicted molar refractivity (Wildman–Crippen MR) is 102 cm³/mol. The number of rotatable bonds is 4. The van der Waals surface area contributed by atoms with Crippen molar-refractivity contribution in [2.75, 3.05) is 0 Å². The van der Waals surface area contributed by atoms with Crippen molar-refractivity contribution in [1.82, 2.24) is 0 Å². The lowest BCUT2D eigenvalue weighted by Gasteiger charge is -2.52. The summed E-state index contributed by atoms with van der Waals surface area (Å²) < 4.78 is 0. The average Bonchev–Trinajstić information content (AvgIpc) is 3.32. The Morgan fingerprint density at radius 2 is 0.870 bits per heavy atom. The van der Waals surface area contributed by atoms with E-state index in [1.165, 1.54) is 51.4 Å². The average molecular weight is 303 g/mol. The van der Waals surface area contributed by atoms with Gasteiger partial charge >= 0.3 is 0 Å². The van der Waals surface area contributed by atoms with Crippen LogP contribution in [0.5, 0.6) is 0 Å². The molecule has 0 unspecified atom stereocenters. The molecule has 2 aliphatic rings. The van der Waals surface area contributed by atoms with Gasteiger partial charge < -0.3 is 0 Å². The molecule has 1 heteroatoms. The van der Waals surface area contributed by atoms with Gasteiger partial charge in [-0.25, -0.2) is 10.9 Å². The van der Waals surface area contributed by atoms with Gasteiger partial charge in [0.1, 0.15) is 0 Å². The Morgan fingerprint density at radius 3 is 1.22 bits per heavy atom. The van der Waals surface area contributed by atoms with Gasteiger partial charge in [-0.1, -0.05) is 112 Å². The molecule has 0 heterocycles. The third kappa shape index (κ3) is 2.55. The lowest BCUT2D eigenvalue weighted by Crippen LogP contribution is -2.63. The van der Waals surface area contributed by atoms with Crippen molar-refractivity contribution in [3.05, 3.63) is 60.7 Å². The second-order valence-electron chi connectivity index (χ2n) is 7.91. The minimum atomic E-state index is -0.622. The van der Waals surface area contributed by atoms with Crippen LogP contribution in [0.1, 0.15) is 51.4 Å². The summed E-state index contributed by atoms with van der Waals surface area (Å²) in [6, 6.07) is 23.1. The Morgan fingerprint density at radius 1 is 0.522 bits per heavy atom. The van der Waals surface area contributed by atoms with E-state index in [0.29, 0.717) is 0 Å². The van der Waals surface area contributed by atoms with Crippen molar-refractivity contribution in [3.8, 4) is 0 Å². The lowest BCUT2D eigenvalue weighted by atomic mass is 9.08. The first-order valence-electron chi connectivity index (χ1n) is 9.70.